The number of benzene rings is 2. The first-order valence-electron chi connectivity index (χ1n) is 10.2. The number of carbonyl (C=O) groups is 1. The van der Waals surface area contributed by atoms with Crippen molar-refractivity contribution in [1.82, 2.24) is 14.8 Å². The van der Waals surface area contributed by atoms with Crippen molar-refractivity contribution < 1.29 is 9.53 Å². The van der Waals surface area contributed by atoms with Crippen molar-refractivity contribution in [2.75, 3.05) is 6.61 Å². The Bertz CT molecular complexity index is 1180. The Morgan fingerprint density at radius 1 is 1.03 bits per heavy atom. The summed E-state index contributed by atoms with van der Waals surface area (Å²) in [5, 5.41) is 4.76. The van der Waals surface area contributed by atoms with Crippen molar-refractivity contribution in [2.24, 2.45) is 0 Å². The van der Waals surface area contributed by atoms with Crippen LogP contribution in [0, 0.1) is 0 Å². The highest BCUT2D eigenvalue weighted by Gasteiger charge is 2.12. The van der Waals surface area contributed by atoms with Crippen LogP contribution in [-0.2, 0) is 6.54 Å². The lowest BCUT2D eigenvalue weighted by molar-refractivity contribution is 0.104. The predicted molar refractivity (Wildman–Crippen MR) is 122 cm³/mol. The molecule has 2 aromatic heterocycles. The van der Waals surface area contributed by atoms with Crippen LogP contribution in [0.1, 0.15) is 28.4 Å². The zero-order valence-corrected chi connectivity index (χ0v) is 17.3. The van der Waals surface area contributed by atoms with Gasteiger partial charge < -0.3 is 4.74 Å². The smallest absolute Gasteiger partial charge is 0.189 e. The van der Waals surface area contributed by atoms with Crippen molar-refractivity contribution in [2.45, 2.75) is 13.5 Å². The Labute approximate surface area is 181 Å². The summed E-state index contributed by atoms with van der Waals surface area (Å²) < 4.78 is 7.48. The molecule has 154 valence electrons. The number of allylic oxidation sites excluding steroid dienone is 1. The lowest BCUT2D eigenvalue weighted by Gasteiger charge is -2.06. The molecule has 0 saturated heterocycles. The first-order valence-corrected chi connectivity index (χ1v) is 10.2. The van der Waals surface area contributed by atoms with E-state index in [1.165, 1.54) is 0 Å². The van der Waals surface area contributed by atoms with Gasteiger partial charge in [-0.3, -0.25) is 14.5 Å². The molecule has 0 unspecified atom stereocenters. The van der Waals surface area contributed by atoms with E-state index in [0.29, 0.717) is 24.5 Å². The Morgan fingerprint density at radius 2 is 1.84 bits per heavy atom. The highest BCUT2D eigenvalue weighted by molar-refractivity contribution is 6.08. The lowest BCUT2D eigenvalue weighted by Crippen LogP contribution is -2.01. The quantitative estimate of drug-likeness (QED) is 0.293. The number of aromatic nitrogens is 3. The highest BCUT2D eigenvalue weighted by Crippen LogP contribution is 2.24. The maximum absolute atomic E-state index is 12.9. The largest absolute Gasteiger partial charge is 0.493 e. The van der Waals surface area contributed by atoms with Gasteiger partial charge in [0.2, 0.25) is 0 Å². The fourth-order valence-electron chi connectivity index (χ4n) is 3.34. The number of pyridine rings is 1. The van der Waals surface area contributed by atoms with Gasteiger partial charge in [0.15, 0.2) is 5.78 Å². The number of ether oxygens (including phenoxy) is 1. The maximum atomic E-state index is 12.9. The van der Waals surface area contributed by atoms with Gasteiger partial charge >= 0.3 is 0 Å². The zero-order valence-electron chi connectivity index (χ0n) is 17.3. The highest BCUT2D eigenvalue weighted by atomic mass is 16.5. The van der Waals surface area contributed by atoms with Gasteiger partial charge in [-0.1, -0.05) is 42.5 Å². The summed E-state index contributed by atoms with van der Waals surface area (Å²) in [4.78, 5) is 17.1. The number of ketones is 1. The second-order valence-electron chi connectivity index (χ2n) is 6.98. The van der Waals surface area contributed by atoms with E-state index in [9.17, 15) is 4.79 Å². The second kappa shape index (κ2) is 9.67. The molecule has 0 aliphatic heterocycles. The number of rotatable bonds is 8. The second-order valence-corrected chi connectivity index (χ2v) is 6.98. The molecule has 0 atom stereocenters. The topological polar surface area (TPSA) is 57.0 Å². The van der Waals surface area contributed by atoms with Gasteiger partial charge in [-0.2, -0.15) is 5.10 Å². The molecule has 2 aromatic carbocycles. The van der Waals surface area contributed by atoms with E-state index in [1.54, 1.807) is 24.5 Å². The summed E-state index contributed by atoms with van der Waals surface area (Å²) in [5.41, 5.74) is 4.23. The summed E-state index contributed by atoms with van der Waals surface area (Å²) in [6.45, 7) is 3.05. The van der Waals surface area contributed by atoms with Crippen LogP contribution in [0.4, 0.5) is 0 Å². The van der Waals surface area contributed by atoms with Gasteiger partial charge in [-0.05, 0) is 48.9 Å². The van der Waals surface area contributed by atoms with E-state index in [-0.39, 0.29) is 5.78 Å². The SMILES string of the molecule is CCOc1ccccc1C(=O)/C=C/c1cn(Cc2ccccc2)nc1-c1cccnc1. The van der Waals surface area contributed by atoms with Crippen LogP contribution in [0.3, 0.4) is 0 Å². The van der Waals surface area contributed by atoms with Gasteiger partial charge in [-0.25, -0.2) is 0 Å². The minimum atomic E-state index is -0.114. The van der Waals surface area contributed by atoms with Crippen LogP contribution in [-0.4, -0.2) is 27.2 Å². The molecule has 31 heavy (non-hydrogen) atoms. The van der Waals surface area contributed by atoms with Gasteiger partial charge in [0.1, 0.15) is 11.4 Å². The molecule has 0 N–H and O–H groups in total. The molecule has 0 spiro atoms. The molecule has 5 heteroatoms. The molecule has 0 saturated carbocycles. The molecule has 5 nitrogen and oxygen atoms in total. The Morgan fingerprint density at radius 3 is 2.61 bits per heavy atom. The van der Waals surface area contributed by atoms with Gasteiger partial charge in [0, 0.05) is 29.7 Å². The first-order chi connectivity index (χ1) is 15.2. The minimum Gasteiger partial charge on any atom is -0.493 e. The first kappa shape index (κ1) is 20.3. The van der Waals surface area contributed by atoms with Crippen molar-refractivity contribution in [3.05, 3.63) is 108 Å². The summed E-state index contributed by atoms with van der Waals surface area (Å²) >= 11 is 0. The van der Waals surface area contributed by atoms with Gasteiger partial charge in [0.05, 0.1) is 18.7 Å². The molecule has 0 aliphatic carbocycles. The number of hydrogen-bond acceptors (Lipinski definition) is 4. The third-order valence-electron chi connectivity index (χ3n) is 4.78. The van der Waals surface area contributed by atoms with E-state index in [1.807, 2.05) is 72.4 Å². The fraction of sp³-hybridized carbons (Fsp3) is 0.115. The van der Waals surface area contributed by atoms with Crippen LogP contribution in [0.25, 0.3) is 17.3 Å². The average Bonchev–Trinajstić information content (AvgIpc) is 3.22. The molecule has 4 aromatic rings. The van der Waals surface area contributed by atoms with E-state index >= 15 is 0 Å². The van der Waals surface area contributed by atoms with Crippen LogP contribution in [0.15, 0.2) is 91.4 Å². The van der Waals surface area contributed by atoms with Crippen molar-refractivity contribution in [3.8, 4) is 17.0 Å². The number of hydrogen-bond donors (Lipinski definition) is 0. The Kier molecular flexibility index (Phi) is 6.33. The molecule has 0 amide bonds. The monoisotopic (exact) mass is 409 g/mol. The fourth-order valence-corrected chi connectivity index (χ4v) is 3.34. The molecular weight excluding hydrogens is 386 g/mol. The van der Waals surface area contributed by atoms with E-state index in [2.05, 4.69) is 17.1 Å². The molecule has 2 heterocycles. The minimum absolute atomic E-state index is 0.114. The predicted octanol–water partition coefficient (Wildman–Crippen LogP) is 5.29. The van der Waals surface area contributed by atoms with Crippen molar-refractivity contribution >= 4 is 11.9 Å². The lowest BCUT2D eigenvalue weighted by atomic mass is 10.1. The van der Waals surface area contributed by atoms with Crippen molar-refractivity contribution in [1.29, 1.82) is 0 Å². The summed E-state index contributed by atoms with van der Waals surface area (Å²) in [7, 11) is 0. The summed E-state index contributed by atoms with van der Waals surface area (Å²) in [6, 6.07) is 21.3. The summed E-state index contributed by atoms with van der Waals surface area (Å²) in [5.74, 6) is 0.476. The normalized spacial score (nSPS) is 11.0. The molecule has 0 radical (unpaired) electrons. The summed E-state index contributed by atoms with van der Waals surface area (Å²) in [6.07, 6.45) is 8.84. The van der Waals surface area contributed by atoms with E-state index in [0.717, 1.165) is 22.4 Å². The van der Waals surface area contributed by atoms with Crippen LogP contribution in [0.2, 0.25) is 0 Å². The number of nitrogens with zero attached hydrogens (tertiary/aromatic N) is 3. The third kappa shape index (κ3) is 4.95. The number of para-hydroxylation sites is 1. The average molecular weight is 409 g/mol. The van der Waals surface area contributed by atoms with E-state index in [4.69, 9.17) is 9.84 Å². The zero-order chi connectivity index (χ0) is 21.5. The van der Waals surface area contributed by atoms with Gasteiger partial charge in [-0.15, -0.1) is 0 Å². The molecule has 0 aliphatic rings. The van der Waals surface area contributed by atoms with Gasteiger partial charge in [0.25, 0.3) is 0 Å². The molecule has 0 bridgehead atoms. The Balaban J connectivity index is 1.66. The number of carbonyl (C=O) groups excluding carboxylic acids is 1. The third-order valence-corrected chi connectivity index (χ3v) is 4.78. The van der Waals surface area contributed by atoms with Crippen LogP contribution in [0.5, 0.6) is 5.75 Å². The maximum Gasteiger partial charge on any atom is 0.189 e. The van der Waals surface area contributed by atoms with Crippen LogP contribution < -0.4 is 4.74 Å². The molecule has 4 rings (SSSR count). The standard InChI is InChI=1S/C26H23N3O2/c1-2-31-25-13-7-6-12-23(25)24(30)15-14-22-19-29(18-20-9-4-3-5-10-20)28-26(22)21-11-8-16-27-17-21/h3-17,19H,2,18H2,1H3/b15-14+. The molecular formula is C26H23N3O2. The molecule has 0 fully saturated rings. The van der Waals surface area contributed by atoms with E-state index < -0.39 is 0 Å². The van der Waals surface area contributed by atoms with Crippen LogP contribution >= 0.6 is 0 Å². The van der Waals surface area contributed by atoms with Crippen molar-refractivity contribution in [3.63, 3.8) is 0 Å². The Hall–Kier alpha value is -3.99.